The van der Waals surface area contributed by atoms with Crippen LogP contribution in [0.2, 0.25) is 10.0 Å². The molecule has 3 N–H and O–H groups in total. The zero-order valence-electron chi connectivity index (χ0n) is 17.3. The minimum atomic E-state index is -0.501. The predicted molar refractivity (Wildman–Crippen MR) is 125 cm³/mol. The van der Waals surface area contributed by atoms with Crippen molar-refractivity contribution in [3.05, 3.63) is 63.9 Å². The zero-order chi connectivity index (χ0) is 22.5. The number of thioether (sulfide) groups is 1. The molecule has 31 heavy (non-hydrogen) atoms. The first-order valence-electron chi connectivity index (χ1n) is 9.59. The van der Waals surface area contributed by atoms with Crippen molar-refractivity contribution in [1.29, 1.82) is 0 Å². The number of ether oxygens (including phenoxy) is 1. The molecule has 0 aliphatic carbocycles. The standard InChI is InChI=1S/C21H23Cl2N5O2S/c1-12(2)14-4-7-16(8-5-14)30-11-19-26-27-21(28(19)24)31-13(3)20(29)25-18-10-15(22)6-9-17(18)23/h4-10,12-13H,11,24H2,1-3H3,(H,25,29). The van der Waals surface area contributed by atoms with Crippen LogP contribution in [0.15, 0.2) is 47.6 Å². The third-order valence-electron chi connectivity index (χ3n) is 4.49. The molecule has 3 rings (SSSR count). The van der Waals surface area contributed by atoms with E-state index in [4.69, 9.17) is 33.8 Å². The maximum Gasteiger partial charge on any atom is 0.237 e. The maximum atomic E-state index is 12.5. The van der Waals surface area contributed by atoms with Gasteiger partial charge in [-0.15, -0.1) is 10.2 Å². The number of benzene rings is 2. The summed E-state index contributed by atoms with van der Waals surface area (Å²) >= 11 is 13.2. The number of carbonyl (C=O) groups excluding carboxylic acids is 1. The van der Waals surface area contributed by atoms with Gasteiger partial charge < -0.3 is 15.9 Å². The van der Waals surface area contributed by atoms with Gasteiger partial charge in [0.05, 0.1) is 16.0 Å². The monoisotopic (exact) mass is 479 g/mol. The summed E-state index contributed by atoms with van der Waals surface area (Å²) in [6.07, 6.45) is 0. The van der Waals surface area contributed by atoms with Crippen LogP contribution in [-0.2, 0) is 11.4 Å². The molecule has 0 saturated heterocycles. The highest BCUT2D eigenvalue weighted by atomic mass is 35.5. The highest BCUT2D eigenvalue weighted by molar-refractivity contribution is 8.00. The second-order valence-electron chi connectivity index (χ2n) is 7.15. The lowest BCUT2D eigenvalue weighted by Crippen LogP contribution is -2.24. The molecule has 0 aliphatic rings. The SMILES string of the molecule is CC(Sc1nnc(COc2ccc(C(C)C)cc2)n1N)C(=O)Nc1cc(Cl)ccc1Cl. The first-order valence-corrected chi connectivity index (χ1v) is 11.2. The van der Waals surface area contributed by atoms with Gasteiger partial charge in [0.1, 0.15) is 12.4 Å². The number of carbonyl (C=O) groups is 1. The topological polar surface area (TPSA) is 95.1 Å². The largest absolute Gasteiger partial charge is 0.486 e. The fraction of sp³-hybridized carbons (Fsp3) is 0.286. The van der Waals surface area contributed by atoms with Crippen LogP contribution in [0, 0.1) is 0 Å². The Kier molecular flexibility index (Phi) is 7.69. The number of hydrogen-bond acceptors (Lipinski definition) is 6. The summed E-state index contributed by atoms with van der Waals surface area (Å²) in [7, 11) is 0. The van der Waals surface area contributed by atoms with Gasteiger partial charge in [-0.3, -0.25) is 4.79 Å². The van der Waals surface area contributed by atoms with Crippen molar-refractivity contribution in [3.8, 4) is 5.75 Å². The van der Waals surface area contributed by atoms with Crippen molar-refractivity contribution in [2.75, 3.05) is 11.2 Å². The summed E-state index contributed by atoms with van der Waals surface area (Å²) < 4.78 is 7.08. The van der Waals surface area contributed by atoms with Gasteiger partial charge in [-0.05, 0) is 48.7 Å². The lowest BCUT2D eigenvalue weighted by Gasteiger charge is -2.13. The summed E-state index contributed by atoms with van der Waals surface area (Å²) in [4.78, 5) is 12.5. The van der Waals surface area contributed by atoms with Gasteiger partial charge >= 0.3 is 0 Å². The van der Waals surface area contributed by atoms with Gasteiger partial charge in [0.15, 0.2) is 5.82 Å². The zero-order valence-corrected chi connectivity index (χ0v) is 19.6. The Labute approximate surface area is 195 Å². The molecule has 1 unspecified atom stereocenters. The number of rotatable bonds is 8. The van der Waals surface area contributed by atoms with Crippen LogP contribution in [0.25, 0.3) is 0 Å². The Morgan fingerprint density at radius 3 is 2.55 bits per heavy atom. The van der Waals surface area contributed by atoms with E-state index in [2.05, 4.69) is 29.4 Å². The van der Waals surface area contributed by atoms with Crippen LogP contribution in [0.4, 0.5) is 5.69 Å². The lowest BCUT2D eigenvalue weighted by molar-refractivity contribution is -0.115. The van der Waals surface area contributed by atoms with Crippen molar-refractivity contribution < 1.29 is 9.53 Å². The molecule has 0 bridgehead atoms. The number of nitrogen functional groups attached to an aromatic ring is 1. The van der Waals surface area contributed by atoms with Gasteiger partial charge in [0.25, 0.3) is 0 Å². The fourth-order valence-corrected chi connectivity index (χ4v) is 3.75. The molecule has 7 nitrogen and oxygen atoms in total. The summed E-state index contributed by atoms with van der Waals surface area (Å²) in [5.41, 5.74) is 1.68. The molecule has 10 heteroatoms. The van der Waals surface area contributed by atoms with E-state index in [-0.39, 0.29) is 12.5 Å². The Hall–Kier alpha value is -2.42. The Balaban J connectivity index is 1.59. The minimum Gasteiger partial charge on any atom is -0.486 e. The third kappa shape index (κ3) is 6.06. The quantitative estimate of drug-likeness (QED) is 0.343. The van der Waals surface area contributed by atoms with Crippen LogP contribution in [0.5, 0.6) is 5.75 Å². The molecular weight excluding hydrogens is 457 g/mol. The van der Waals surface area contributed by atoms with E-state index in [1.807, 2.05) is 24.3 Å². The number of anilines is 1. The summed E-state index contributed by atoms with van der Waals surface area (Å²) in [5.74, 6) is 7.45. The first-order chi connectivity index (χ1) is 14.7. The minimum absolute atomic E-state index is 0.157. The van der Waals surface area contributed by atoms with Crippen molar-refractivity contribution in [2.24, 2.45) is 0 Å². The molecule has 164 valence electrons. The lowest BCUT2D eigenvalue weighted by atomic mass is 10.0. The summed E-state index contributed by atoms with van der Waals surface area (Å²) in [6, 6.07) is 12.7. The van der Waals surface area contributed by atoms with E-state index in [9.17, 15) is 4.79 Å². The molecule has 0 aliphatic heterocycles. The normalized spacial score (nSPS) is 12.1. The predicted octanol–water partition coefficient (Wildman–Crippen LogP) is 5.12. The Bertz CT molecular complexity index is 1060. The Morgan fingerprint density at radius 1 is 1.16 bits per heavy atom. The molecule has 1 amide bonds. The number of nitrogens with two attached hydrogens (primary N) is 1. The highest BCUT2D eigenvalue weighted by Crippen LogP contribution is 2.28. The molecule has 0 radical (unpaired) electrons. The molecular formula is C21H23Cl2N5O2S. The van der Waals surface area contributed by atoms with E-state index in [0.29, 0.717) is 38.4 Å². The van der Waals surface area contributed by atoms with Crippen molar-refractivity contribution in [3.63, 3.8) is 0 Å². The van der Waals surface area contributed by atoms with Gasteiger partial charge in [-0.25, -0.2) is 4.68 Å². The molecule has 0 saturated carbocycles. The van der Waals surface area contributed by atoms with Crippen molar-refractivity contribution >= 4 is 46.6 Å². The van der Waals surface area contributed by atoms with Crippen LogP contribution in [0.3, 0.4) is 0 Å². The van der Waals surface area contributed by atoms with Crippen LogP contribution in [-0.4, -0.2) is 26.0 Å². The van der Waals surface area contributed by atoms with Gasteiger partial charge in [0, 0.05) is 5.02 Å². The molecule has 0 fully saturated rings. The van der Waals surface area contributed by atoms with E-state index < -0.39 is 5.25 Å². The number of aromatic nitrogens is 3. The molecule has 1 heterocycles. The number of halogens is 2. The molecule has 0 spiro atoms. The fourth-order valence-electron chi connectivity index (χ4n) is 2.62. The number of hydrogen-bond donors (Lipinski definition) is 2. The molecule has 3 aromatic rings. The average Bonchev–Trinajstić information content (AvgIpc) is 3.08. The van der Waals surface area contributed by atoms with Gasteiger partial charge in [-0.2, -0.15) is 0 Å². The number of nitrogens with one attached hydrogen (secondary N) is 1. The van der Waals surface area contributed by atoms with E-state index >= 15 is 0 Å². The van der Waals surface area contributed by atoms with Gasteiger partial charge in [0.2, 0.25) is 11.1 Å². The average molecular weight is 480 g/mol. The number of nitrogens with zero attached hydrogens (tertiary/aromatic N) is 3. The molecule has 2 aromatic carbocycles. The second-order valence-corrected chi connectivity index (χ2v) is 9.31. The number of amides is 1. The van der Waals surface area contributed by atoms with E-state index in [0.717, 1.165) is 0 Å². The summed E-state index contributed by atoms with van der Waals surface area (Å²) in [6.45, 7) is 6.16. The smallest absolute Gasteiger partial charge is 0.237 e. The van der Waals surface area contributed by atoms with E-state index in [1.165, 1.54) is 22.0 Å². The Morgan fingerprint density at radius 2 is 1.87 bits per heavy atom. The van der Waals surface area contributed by atoms with E-state index in [1.54, 1.807) is 25.1 Å². The van der Waals surface area contributed by atoms with Crippen molar-refractivity contribution in [1.82, 2.24) is 14.9 Å². The van der Waals surface area contributed by atoms with Crippen LogP contribution >= 0.6 is 35.0 Å². The van der Waals surface area contributed by atoms with Crippen LogP contribution in [0.1, 0.15) is 38.1 Å². The molecule has 1 atom stereocenters. The second kappa shape index (κ2) is 10.3. The first kappa shape index (κ1) is 23.2. The van der Waals surface area contributed by atoms with Crippen molar-refractivity contribution in [2.45, 2.75) is 43.7 Å². The third-order valence-corrected chi connectivity index (χ3v) is 6.11. The van der Waals surface area contributed by atoms with Crippen LogP contribution < -0.4 is 15.9 Å². The molecule has 1 aromatic heterocycles. The maximum absolute atomic E-state index is 12.5. The highest BCUT2D eigenvalue weighted by Gasteiger charge is 2.20. The van der Waals surface area contributed by atoms with Gasteiger partial charge in [-0.1, -0.05) is 60.9 Å². The summed E-state index contributed by atoms with van der Waals surface area (Å²) in [5, 5.41) is 11.7.